The van der Waals surface area contributed by atoms with Crippen LogP contribution in [0.1, 0.15) is 24.0 Å². The van der Waals surface area contributed by atoms with Gasteiger partial charge in [0.1, 0.15) is 5.75 Å². The van der Waals surface area contributed by atoms with Crippen LogP contribution in [0.4, 0.5) is 0 Å². The van der Waals surface area contributed by atoms with Gasteiger partial charge in [-0.2, -0.15) is 4.31 Å². The highest BCUT2D eigenvalue weighted by atomic mass is 35.5. The Hall–Kier alpha value is -2.09. The van der Waals surface area contributed by atoms with Crippen molar-refractivity contribution in [3.05, 3.63) is 58.6 Å². The molecule has 1 unspecified atom stereocenters. The Morgan fingerprint density at radius 3 is 2.76 bits per heavy atom. The van der Waals surface area contributed by atoms with Crippen LogP contribution >= 0.6 is 11.6 Å². The van der Waals surface area contributed by atoms with Crippen LogP contribution in [0.2, 0.25) is 5.02 Å². The van der Waals surface area contributed by atoms with Crippen LogP contribution in [0.15, 0.2) is 47.4 Å². The van der Waals surface area contributed by atoms with Gasteiger partial charge >= 0.3 is 0 Å². The molecule has 1 atom stereocenters. The summed E-state index contributed by atoms with van der Waals surface area (Å²) in [6.45, 7) is 2.97. The maximum atomic E-state index is 13.0. The van der Waals surface area contributed by atoms with Crippen molar-refractivity contribution < 1.29 is 17.9 Å². The van der Waals surface area contributed by atoms with E-state index >= 15 is 0 Å². The number of rotatable bonds is 6. The Morgan fingerprint density at radius 1 is 1.28 bits per heavy atom. The molecule has 0 aromatic heterocycles. The van der Waals surface area contributed by atoms with Crippen LogP contribution in [0.25, 0.3) is 0 Å². The molecule has 156 valence electrons. The quantitative estimate of drug-likeness (QED) is 0.753. The molecule has 29 heavy (non-hydrogen) atoms. The molecule has 1 fully saturated rings. The number of ether oxygens (including phenoxy) is 1. The first-order chi connectivity index (χ1) is 13.8. The molecule has 6 nitrogen and oxygen atoms in total. The topological polar surface area (TPSA) is 75.7 Å². The fourth-order valence-electron chi connectivity index (χ4n) is 3.49. The van der Waals surface area contributed by atoms with Gasteiger partial charge in [0.25, 0.3) is 0 Å². The number of aryl methyl sites for hydroxylation is 1. The van der Waals surface area contributed by atoms with Crippen molar-refractivity contribution in [1.82, 2.24) is 9.62 Å². The molecular formula is C21H25ClN2O4S. The Bertz CT molecular complexity index is 994. The highest BCUT2D eigenvalue weighted by Crippen LogP contribution is 2.30. The van der Waals surface area contributed by atoms with E-state index in [0.29, 0.717) is 31.7 Å². The third-order valence-corrected chi connectivity index (χ3v) is 7.22. The maximum Gasteiger partial charge on any atom is 0.243 e. The minimum Gasteiger partial charge on any atom is -0.495 e. The standard InChI is InChI=1S/C21H25ClN2O4S/c1-15-5-3-6-16(11-15)13-23-21(25)17-7-4-10-24(14-17)29(26,27)18-8-9-20(28-2)19(22)12-18/h3,5-6,8-9,11-12,17H,4,7,10,13-14H2,1-2H3,(H,23,25). The zero-order chi connectivity index (χ0) is 21.0. The first-order valence-electron chi connectivity index (χ1n) is 9.48. The van der Waals surface area contributed by atoms with E-state index in [1.54, 1.807) is 0 Å². The second-order valence-electron chi connectivity index (χ2n) is 7.21. The van der Waals surface area contributed by atoms with E-state index in [2.05, 4.69) is 5.32 Å². The molecule has 1 N–H and O–H groups in total. The van der Waals surface area contributed by atoms with Crippen molar-refractivity contribution in [2.24, 2.45) is 5.92 Å². The van der Waals surface area contributed by atoms with Gasteiger partial charge in [-0.1, -0.05) is 41.4 Å². The summed E-state index contributed by atoms with van der Waals surface area (Å²) in [5, 5.41) is 3.17. The van der Waals surface area contributed by atoms with Crippen LogP contribution in [0.3, 0.4) is 0 Å². The minimum atomic E-state index is -3.74. The van der Waals surface area contributed by atoms with Crippen molar-refractivity contribution in [2.45, 2.75) is 31.2 Å². The lowest BCUT2D eigenvalue weighted by Gasteiger charge is -2.31. The highest BCUT2D eigenvalue weighted by Gasteiger charge is 2.33. The monoisotopic (exact) mass is 436 g/mol. The van der Waals surface area contributed by atoms with Crippen LogP contribution in [0.5, 0.6) is 5.75 Å². The Balaban J connectivity index is 1.67. The van der Waals surface area contributed by atoms with Gasteiger partial charge in [-0.15, -0.1) is 0 Å². The number of sulfonamides is 1. The van der Waals surface area contributed by atoms with Crippen LogP contribution in [0, 0.1) is 12.8 Å². The zero-order valence-electron chi connectivity index (χ0n) is 16.5. The predicted molar refractivity (Wildman–Crippen MR) is 113 cm³/mol. The number of benzene rings is 2. The first kappa shape index (κ1) is 21.6. The normalized spacial score (nSPS) is 17.7. The number of amides is 1. The summed E-state index contributed by atoms with van der Waals surface area (Å²) in [7, 11) is -2.26. The van der Waals surface area contributed by atoms with E-state index in [9.17, 15) is 13.2 Å². The summed E-state index contributed by atoms with van der Waals surface area (Å²) < 4.78 is 32.5. The van der Waals surface area contributed by atoms with Crippen LogP contribution in [-0.2, 0) is 21.4 Å². The van der Waals surface area contributed by atoms with Gasteiger partial charge in [0.2, 0.25) is 15.9 Å². The number of piperidine rings is 1. The Labute approximate surface area is 176 Å². The maximum absolute atomic E-state index is 13.0. The highest BCUT2D eigenvalue weighted by molar-refractivity contribution is 7.89. The summed E-state index contributed by atoms with van der Waals surface area (Å²) in [6, 6.07) is 12.3. The third kappa shape index (κ3) is 5.10. The molecule has 1 amide bonds. The van der Waals surface area contributed by atoms with E-state index < -0.39 is 10.0 Å². The molecule has 8 heteroatoms. The average molecular weight is 437 g/mol. The van der Waals surface area contributed by atoms with Gasteiger partial charge in [0.05, 0.1) is 22.9 Å². The summed E-state index contributed by atoms with van der Waals surface area (Å²) in [4.78, 5) is 12.7. The van der Waals surface area contributed by atoms with E-state index in [0.717, 1.165) is 11.1 Å². The Morgan fingerprint density at radius 2 is 2.07 bits per heavy atom. The molecule has 1 heterocycles. The molecule has 1 aliphatic heterocycles. The van der Waals surface area contributed by atoms with Gasteiger partial charge in [-0.3, -0.25) is 4.79 Å². The number of hydrogen-bond donors (Lipinski definition) is 1. The number of methoxy groups -OCH3 is 1. The molecule has 0 bridgehead atoms. The van der Waals surface area contributed by atoms with Crippen molar-refractivity contribution in [3.8, 4) is 5.75 Å². The summed E-state index contributed by atoms with van der Waals surface area (Å²) in [5.74, 6) is -0.0890. The molecule has 0 saturated carbocycles. The molecule has 0 aliphatic carbocycles. The molecule has 0 spiro atoms. The van der Waals surface area contributed by atoms with Crippen LogP contribution in [-0.4, -0.2) is 38.8 Å². The number of nitrogens with one attached hydrogen (secondary N) is 1. The Kier molecular flexibility index (Phi) is 6.82. The van der Waals surface area contributed by atoms with Gasteiger partial charge in [-0.25, -0.2) is 8.42 Å². The molecular weight excluding hydrogens is 412 g/mol. The second kappa shape index (κ2) is 9.15. The lowest BCUT2D eigenvalue weighted by atomic mass is 9.98. The van der Waals surface area contributed by atoms with Crippen molar-refractivity contribution in [1.29, 1.82) is 0 Å². The van der Waals surface area contributed by atoms with Gasteiger partial charge in [-0.05, 0) is 43.5 Å². The van der Waals surface area contributed by atoms with Crippen LogP contribution < -0.4 is 10.1 Å². The predicted octanol–water partition coefficient (Wildman–Crippen LogP) is 3.37. The van der Waals surface area contributed by atoms with Gasteiger partial charge < -0.3 is 10.1 Å². The average Bonchev–Trinajstić information content (AvgIpc) is 2.72. The van der Waals surface area contributed by atoms with E-state index in [1.165, 1.54) is 29.6 Å². The third-order valence-electron chi connectivity index (χ3n) is 5.07. The van der Waals surface area contributed by atoms with Gasteiger partial charge in [0.15, 0.2) is 0 Å². The zero-order valence-corrected chi connectivity index (χ0v) is 18.1. The number of hydrogen-bond acceptors (Lipinski definition) is 4. The fourth-order valence-corrected chi connectivity index (χ4v) is 5.36. The summed E-state index contributed by atoms with van der Waals surface area (Å²) in [6.07, 6.45) is 1.29. The molecule has 2 aromatic carbocycles. The van der Waals surface area contributed by atoms with Crippen molar-refractivity contribution >= 4 is 27.5 Å². The SMILES string of the molecule is COc1ccc(S(=O)(=O)N2CCCC(C(=O)NCc3cccc(C)c3)C2)cc1Cl. The van der Waals surface area contributed by atoms with Crippen molar-refractivity contribution in [2.75, 3.05) is 20.2 Å². The molecule has 2 aromatic rings. The number of carbonyl (C=O) groups excluding carboxylic acids is 1. The van der Waals surface area contributed by atoms with E-state index in [-0.39, 0.29) is 28.3 Å². The summed E-state index contributed by atoms with van der Waals surface area (Å²) >= 11 is 6.09. The lowest BCUT2D eigenvalue weighted by molar-refractivity contribution is -0.126. The number of carbonyl (C=O) groups is 1. The van der Waals surface area contributed by atoms with Gasteiger partial charge in [0, 0.05) is 19.6 Å². The smallest absolute Gasteiger partial charge is 0.243 e. The number of nitrogens with zero attached hydrogens (tertiary/aromatic N) is 1. The minimum absolute atomic E-state index is 0.101. The number of halogens is 1. The largest absolute Gasteiger partial charge is 0.495 e. The molecule has 1 aliphatic rings. The summed E-state index contributed by atoms with van der Waals surface area (Å²) in [5.41, 5.74) is 2.15. The van der Waals surface area contributed by atoms with E-state index in [1.807, 2.05) is 31.2 Å². The molecule has 0 radical (unpaired) electrons. The van der Waals surface area contributed by atoms with E-state index in [4.69, 9.17) is 16.3 Å². The molecule has 3 rings (SSSR count). The van der Waals surface area contributed by atoms with Crippen molar-refractivity contribution in [3.63, 3.8) is 0 Å². The first-order valence-corrected chi connectivity index (χ1v) is 11.3. The fraction of sp³-hybridized carbons (Fsp3) is 0.381. The second-order valence-corrected chi connectivity index (χ2v) is 9.55. The molecule has 1 saturated heterocycles. The lowest BCUT2D eigenvalue weighted by Crippen LogP contribution is -2.45.